The molecule has 0 radical (unpaired) electrons. The summed E-state index contributed by atoms with van der Waals surface area (Å²) < 4.78 is 9.98. The lowest BCUT2D eigenvalue weighted by Gasteiger charge is -2.22. The van der Waals surface area contributed by atoms with Crippen molar-refractivity contribution in [3.05, 3.63) is 0 Å². The van der Waals surface area contributed by atoms with E-state index >= 15 is 0 Å². The van der Waals surface area contributed by atoms with E-state index in [1.54, 1.807) is 0 Å². The van der Waals surface area contributed by atoms with Crippen molar-refractivity contribution in [3.8, 4) is 0 Å². The number of carbonyl (C=O) groups excluding carboxylic acids is 2. The third-order valence-electron chi connectivity index (χ3n) is 3.07. The van der Waals surface area contributed by atoms with Gasteiger partial charge in [-0.25, -0.2) is 4.79 Å². The van der Waals surface area contributed by atoms with Crippen LogP contribution in [-0.2, 0) is 14.3 Å². The summed E-state index contributed by atoms with van der Waals surface area (Å²) in [5.41, 5.74) is -0.517. The van der Waals surface area contributed by atoms with Crippen LogP contribution in [0.1, 0.15) is 40.0 Å². The highest BCUT2D eigenvalue weighted by atomic mass is 35.5. The molecule has 19 heavy (non-hydrogen) atoms. The van der Waals surface area contributed by atoms with Gasteiger partial charge in [0.25, 0.3) is 0 Å². The number of alkyl carbamates (subject to hydrolysis) is 1. The maximum atomic E-state index is 11.7. The van der Waals surface area contributed by atoms with Crippen molar-refractivity contribution >= 4 is 23.7 Å². The average molecular weight is 292 g/mol. The predicted molar refractivity (Wildman–Crippen MR) is 71.9 cm³/mol. The summed E-state index contributed by atoms with van der Waals surface area (Å²) in [4.78, 5) is 23.2. The summed E-state index contributed by atoms with van der Waals surface area (Å²) in [5, 5.41) is 2.71. The molecule has 0 heterocycles. The second-order valence-corrected chi connectivity index (χ2v) is 5.97. The van der Waals surface area contributed by atoms with Crippen molar-refractivity contribution < 1.29 is 19.1 Å². The molecule has 1 saturated carbocycles. The Morgan fingerprint density at radius 1 is 1.32 bits per heavy atom. The normalized spacial score (nSPS) is 22.9. The number of amides is 1. The van der Waals surface area contributed by atoms with E-state index in [1.165, 1.54) is 0 Å². The van der Waals surface area contributed by atoms with Gasteiger partial charge in [-0.2, -0.15) is 0 Å². The van der Waals surface area contributed by atoms with E-state index < -0.39 is 11.7 Å². The maximum Gasteiger partial charge on any atom is 0.407 e. The minimum atomic E-state index is -0.517. The van der Waals surface area contributed by atoms with Crippen LogP contribution in [0.5, 0.6) is 0 Å². The van der Waals surface area contributed by atoms with Crippen molar-refractivity contribution in [2.24, 2.45) is 11.8 Å². The van der Waals surface area contributed by atoms with E-state index in [2.05, 4.69) is 5.32 Å². The SMILES string of the molecule is CC(C)(C)OC(=O)NCC1CCCC1C(=O)OCCl. The van der Waals surface area contributed by atoms with Gasteiger partial charge in [0, 0.05) is 6.54 Å². The molecule has 1 aliphatic carbocycles. The second-order valence-electron chi connectivity index (χ2n) is 5.75. The van der Waals surface area contributed by atoms with Crippen LogP contribution in [0.2, 0.25) is 0 Å². The van der Waals surface area contributed by atoms with Crippen molar-refractivity contribution in [2.45, 2.75) is 45.6 Å². The molecule has 1 aliphatic rings. The third-order valence-corrected chi connectivity index (χ3v) is 3.18. The van der Waals surface area contributed by atoms with E-state index in [1.807, 2.05) is 20.8 Å². The molecule has 6 heteroatoms. The molecule has 0 spiro atoms. The third kappa shape index (κ3) is 5.68. The molecule has 0 aromatic rings. The average Bonchev–Trinajstić information content (AvgIpc) is 2.72. The fourth-order valence-electron chi connectivity index (χ4n) is 2.28. The first-order chi connectivity index (χ1) is 8.83. The zero-order chi connectivity index (χ0) is 14.5. The lowest BCUT2D eigenvalue weighted by Crippen LogP contribution is -2.37. The van der Waals surface area contributed by atoms with Gasteiger partial charge < -0.3 is 14.8 Å². The van der Waals surface area contributed by atoms with Crippen molar-refractivity contribution in [3.63, 3.8) is 0 Å². The first kappa shape index (κ1) is 16.1. The minimum absolute atomic E-state index is 0.100. The Balaban J connectivity index is 2.39. The van der Waals surface area contributed by atoms with Crippen LogP contribution in [0.4, 0.5) is 4.79 Å². The van der Waals surface area contributed by atoms with Gasteiger partial charge in [-0.1, -0.05) is 18.0 Å². The smallest absolute Gasteiger partial charge is 0.407 e. The molecule has 1 rings (SSSR count). The van der Waals surface area contributed by atoms with Gasteiger partial charge in [0.05, 0.1) is 5.92 Å². The number of alkyl halides is 1. The van der Waals surface area contributed by atoms with E-state index in [4.69, 9.17) is 21.1 Å². The summed E-state index contributed by atoms with van der Waals surface area (Å²) in [6, 6.07) is -0.123. The van der Waals surface area contributed by atoms with E-state index in [0.29, 0.717) is 6.54 Å². The highest BCUT2D eigenvalue weighted by Crippen LogP contribution is 2.32. The molecule has 0 aromatic carbocycles. The molecule has 110 valence electrons. The van der Waals surface area contributed by atoms with Gasteiger partial charge in [0.15, 0.2) is 6.07 Å². The Morgan fingerprint density at radius 2 is 2.00 bits per heavy atom. The van der Waals surface area contributed by atoms with Gasteiger partial charge in [-0.05, 0) is 39.5 Å². The Morgan fingerprint density at radius 3 is 2.58 bits per heavy atom. The van der Waals surface area contributed by atoms with Gasteiger partial charge in [-0.3, -0.25) is 4.79 Å². The zero-order valence-electron chi connectivity index (χ0n) is 11.7. The predicted octanol–water partition coefficient (Wildman–Crippen LogP) is 2.67. The number of halogens is 1. The first-order valence-electron chi connectivity index (χ1n) is 6.53. The van der Waals surface area contributed by atoms with Crippen molar-refractivity contribution in [2.75, 3.05) is 12.6 Å². The Hall–Kier alpha value is -0.970. The van der Waals surface area contributed by atoms with Gasteiger partial charge in [0.1, 0.15) is 5.60 Å². The molecule has 1 fully saturated rings. The zero-order valence-corrected chi connectivity index (χ0v) is 12.5. The summed E-state index contributed by atoms with van der Waals surface area (Å²) in [7, 11) is 0. The topological polar surface area (TPSA) is 64.6 Å². The molecule has 1 amide bonds. The second kappa shape index (κ2) is 6.98. The molecule has 1 N–H and O–H groups in total. The molecule has 0 aromatic heterocycles. The summed E-state index contributed by atoms with van der Waals surface area (Å²) in [5.74, 6) is -0.347. The highest BCUT2D eigenvalue weighted by molar-refractivity contribution is 6.17. The lowest BCUT2D eigenvalue weighted by molar-refractivity contribution is -0.147. The van der Waals surface area contributed by atoms with Crippen LogP contribution in [0.15, 0.2) is 0 Å². The van der Waals surface area contributed by atoms with Crippen molar-refractivity contribution in [1.29, 1.82) is 0 Å². The van der Waals surface area contributed by atoms with Gasteiger partial charge in [0.2, 0.25) is 0 Å². The highest BCUT2D eigenvalue weighted by Gasteiger charge is 2.34. The summed E-state index contributed by atoms with van der Waals surface area (Å²) in [6.07, 6.45) is 2.19. The number of esters is 1. The number of hydrogen-bond acceptors (Lipinski definition) is 4. The fraction of sp³-hybridized carbons (Fsp3) is 0.846. The Bertz CT molecular complexity index is 327. The molecule has 2 unspecified atom stereocenters. The monoisotopic (exact) mass is 291 g/mol. The van der Waals surface area contributed by atoms with Crippen LogP contribution in [0, 0.1) is 11.8 Å². The first-order valence-corrected chi connectivity index (χ1v) is 7.06. The molecule has 0 bridgehead atoms. The number of rotatable bonds is 4. The number of nitrogens with one attached hydrogen (secondary N) is 1. The standard InChI is InChI=1S/C13H22ClNO4/c1-13(2,3)19-12(17)15-7-9-5-4-6-10(9)11(16)18-8-14/h9-10H,4-8H2,1-3H3,(H,15,17). The minimum Gasteiger partial charge on any atom is -0.449 e. The lowest BCUT2D eigenvalue weighted by atomic mass is 9.96. The number of carbonyl (C=O) groups is 2. The van der Waals surface area contributed by atoms with Gasteiger partial charge >= 0.3 is 12.1 Å². The molecule has 2 atom stereocenters. The van der Waals surface area contributed by atoms with Crippen LogP contribution in [0.25, 0.3) is 0 Å². The number of ether oxygens (including phenoxy) is 2. The molecular formula is C13H22ClNO4. The van der Waals surface area contributed by atoms with Crippen LogP contribution in [-0.4, -0.2) is 30.3 Å². The quantitative estimate of drug-likeness (QED) is 0.639. The van der Waals surface area contributed by atoms with Crippen LogP contribution < -0.4 is 5.32 Å². The molecule has 5 nitrogen and oxygen atoms in total. The largest absolute Gasteiger partial charge is 0.449 e. The summed E-state index contributed by atoms with van der Waals surface area (Å²) in [6.45, 7) is 5.85. The van der Waals surface area contributed by atoms with Crippen LogP contribution in [0.3, 0.4) is 0 Å². The molecule has 0 saturated heterocycles. The maximum absolute atomic E-state index is 11.7. The molecule has 0 aliphatic heterocycles. The Labute approximate surface area is 119 Å². The fourth-order valence-corrected chi connectivity index (χ4v) is 2.39. The summed E-state index contributed by atoms with van der Waals surface area (Å²) >= 11 is 5.39. The Kier molecular flexibility index (Phi) is 5.91. The van der Waals surface area contributed by atoms with Crippen LogP contribution >= 0.6 is 11.6 Å². The van der Waals surface area contributed by atoms with E-state index in [0.717, 1.165) is 19.3 Å². The van der Waals surface area contributed by atoms with Gasteiger partial charge in [-0.15, -0.1) is 0 Å². The van der Waals surface area contributed by atoms with E-state index in [-0.39, 0.29) is 23.9 Å². The number of hydrogen-bond donors (Lipinski definition) is 1. The van der Waals surface area contributed by atoms with Crippen molar-refractivity contribution in [1.82, 2.24) is 5.32 Å². The van der Waals surface area contributed by atoms with E-state index in [9.17, 15) is 9.59 Å². The molecular weight excluding hydrogens is 270 g/mol.